The number of nitrogens with two attached hydrogens (primary N) is 1. The summed E-state index contributed by atoms with van der Waals surface area (Å²) >= 11 is 0. The van der Waals surface area contributed by atoms with Crippen molar-refractivity contribution in [1.82, 2.24) is 9.97 Å². The number of nitrogens with zero attached hydrogens (tertiary/aromatic N) is 4. The van der Waals surface area contributed by atoms with Crippen LogP contribution in [0.2, 0.25) is 0 Å². The molecule has 1 saturated heterocycles. The van der Waals surface area contributed by atoms with Crippen molar-refractivity contribution in [2.75, 3.05) is 16.9 Å². The van der Waals surface area contributed by atoms with Gasteiger partial charge in [0.25, 0.3) is 0 Å². The van der Waals surface area contributed by atoms with Crippen molar-refractivity contribution >= 4 is 11.6 Å². The van der Waals surface area contributed by atoms with Crippen LogP contribution in [0.1, 0.15) is 18.7 Å². The Hall–Kier alpha value is -1.94. The third-order valence-corrected chi connectivity index (χ3v) is 2.76. The van der Waals surface area contributed by atoms with Crippen LogP contribution in [0.25, 0.3) is 0 Å². The molecule has 0 bridgehead atoms. The molecule has 0 aromatic carbocycles. The van der Waals surface area contributed by atoms with Gasteiger partial charge in [-0.1, -0.05) is 0 Å². The van der Waals surface area contributed by atoms with Gasteiger partial charge in [0, 0.05) is 6.54 Å². The van der Waals surface area contributed by atoms with Gasteiger partial charge in [0.15, 0.2) is 11.6 Å². The molecule has 0 amide bonds. The molecule has 7 heteroatoms. The third-order valence-electron chi connectivity index (χ3n) is 2.76. The second-order valence-electron chi connectivity index (χ2n) is 3.88. The molecule has 6 nitrogen and oxygen atoms in total. The van der Waals surface area contributed by atoms with Crippen molar-refractivity contribution in [2.24, 2.45) is 5.84 Å². The number of hydrogen-bond donors (Lipinski definition) is 2. The van der Waals surface area contributed by atoms with Crippen LogP contribution in [0.15, 0.2) is 0 Å². The highest BCUT2D eigenvalue weighted by molar-refractivity contribution is 5.53. The minimum atomic E-state index is -0.611. The number of hydrazine groups is 1. The van der Waals surface area contributed by atoms with E-state index in [1.165, 1.54) is 0 Å². The van der Waals surface area contributed by atoms with Crippen LogP contribution in [0.3, 0.4) is 0 Å². The number of aromatic nitrogens is 2. The molecule has 1 aliphatic rings. The van der Waals surface area contributed by atoms with Gasteiger partial charge in [-0.15, -0.1) is 0 Å². The molecule has 2 heterocycles. The van der Waals surface area contributed by atoms with Crippen LogP contribution in [0, 0.1) is 24.1 Å². The Bertz CT molecular complexity index is 469. The fraction of sp³-hybridized carbons (Fsp3) is 0.500. The second-order valence-corrected chi connectivity index (χ2v) is 3.88. The van der Waals surface area contributed by atoms with Crippen LogP contribution >= 0.6 is 0 Å². The van der Waals surface area contributed by atoms with Gasteiger partial charge >= 0.3 is 0 Å². The Balaban J connectivity index is 2.45. The fourth-order valence-corrected chi connectivity index (χ4v) is 1.98. The summed E-state index contributed by atoms with van der Waals surface area (Å²) in [5.74, 6) is 5.10. The van der Waals surface area contributed by atoms with Crippen LogP contribution < -0.4 is 16.2 Å². The summed E-state index contributed by atoms with van der Waals surface area (Å²) in [7, 11) is 0. The number of rotatable bonds is 2. The molecule has 0 saturated carbocycles. The first-order valence-electron chi connectivity index (χ1n) is 5.34. The first kappa shape index (κ1) is 11.5. The lowest BCUT2D eigenvalue weighted by Gasteiger charge is -2.21. The minimum absolute atomic E-state index is 0.0453. The predicted octanol–water partition coefficient (Wildman–Crippen LogP) is 0.702. The van der Waals surface area contributed by atoms with Crippen LogP contribution in [-0.4, -0.2) is 22.6 Å². The van der Waals surface area contributed by atoms with Gasteiger partial charge in [0.1, 0.15) is 11.9 Å². The van der Waals surface area contributed by atoms with Crippen molar-refractivity contribution in [3.8, 4) is 6.07 Å². The number of anilines is 2. The number of nitrogen functional groups attached to an aromatic ring is 1. The van der Waals surface area contributed by atoms with E-state index in [4.69, 9.17) is 11.1 Å². The molecule has 1 atom stereocenters. The first-order chi connectivity index (χ1) is 8.17. The molecule has 2 rings (SSSR count). The van der Waals surface area contributed by atoms with E-state index in [0.29, 0.717) is 12.4 Å². The fourth-order valence-electron chi connectivity index (χ4n) is 1.98. The standard InChI is InChI=1S/C10H13FN6/c1-6-14-9(16-13)8(11)10(15-6)17-4-2-3-7(17)5-12/h7H,2-4,13H2,1H3,(H,14,15,16)/t7-/m0/s1. The first-order valence-corrected chi connectivity index (χ1v) is 5.34. The van der Waals surface area contributed by atoms with Crippen molar-refractivity contribution in [3.63, 3.8) is 0 Å². The largest absolute Gasteiger partial charge is 0.338 e. The SMILES string of the molecule is Cc1nc(NN)c(F)c(N2CCC[C@H]2C#N)n1. The zero-order valence-corrected chi connectivity index (χ0v) is 9.44. The zero-order valence-electron chi connectivity index (χ0n) is 9.44. The summed E-state index contributed by atoms with van der Waals surface area (Å²) in [5, 5.41) is 8.99. The van der Waals surface area contributed by atoms with Crippen molar-refractivity contribution in [3.05, 3.63) is 11.6 Å². The number of nitrogens with one attached hydrogen (secondary N) is 1. The molecule has 0 aliphatic carbocycles. The lowest BCUT2D eigenvalue weighted by Crippen LogP contribution is -2.30. The van der Waals surface area contributed by atoms with Crippen LogP contribution in [0.4, 0.5) is 16.0 Å². The number of aryl methyl sites for hydroxylation is 1. The minimum Gasteiger partial charge on any atom is -0.338 e. The molecular weight excluding hydrogens is 223 g/mol. The predicted molar refractivity (Wildman–Crippen MR) is 60.5 cm³/mol. The van der Waals surface area contributed by atoms with Gasteiger partial charge < -0.3 is 10.3 Å². The van der Waals surface area contributed by atoms with E-state index in [0.717, 1.165) is 12.8 Å². The Morgan fingerprint density at radius 1 is 1.59 bits per heavy atom. The molecular formula is C10H13FN6. The van der Waals surface area contributed by atoms with E-state index >= 15 is 0 Å². The van der Waals surface area contributed by atoms with Gasteiger partial charge in [0.2, 0.25) is 5.82 Å². The van der Waals surface area contributed by atoms with E-state index in [1.54, 1.807) is 11.8 Å². The lowest BCUT2D eigenvalue weighted by molar-refractivity contribution is 0.604. The Kier molecular flexibility index (Phi) is 3.06. The highest BCUT2D eigenvalue weighted by Crippen LogP contribution is 2.28. The van der Waals surface area contributed by atoms with E-state index in [2.05, 4.69) is 21.5 Å². The topological polar surface area (TPSA) is 90.9 Å². The summed E-state index contributed by atoms with van der Waals surface area (Å²) in [6, 6.07) is 1.81. The van der Waals surface area contributed by atoms with Gasteiger partial charge in [-0.3, -0.25) is 0 Å². The highest BCUT2D eigenvalue weighted by Gasteiger charge is 2.29. The maximum Gasteiger partial charge on any atom is 0.209 e. The van der Waals surface area contributed by atoms with Crippen molar-refractivity contribution in [1.29, 1.82) is 5.26 Å². The molecule has 3 N–H and O–H groups in total. The Morgan fingerprint density at radius 2 is 2.35 bits per heavy atom. The molecule has 1 aromatic heterocycles. The summed E-state index contributed by atoms with van der Waals surface area (Å²) in [5.41, 5.74) is 2.20. The molecule has 0 spiro atoms. The second kappa shape index (κ2) is 4.51. The molecule has 90 valence electrons. The average Bonchev–Trinajstić information content (AvgIpc) is 2.79. The van der Waals surface area contributed by atoms with Gasteiger partial charge in [-0.25, -0.2) is 15.8 Å². The summed E-state index contributed by atoms with van der Waals surface area (Å²) in [6.07, 6.45) is 1.58. The zero-order chi connectivity index (χ0) is 12.4. The van der Waals surface area contributed by atoms with Gasteiger partial charge in [-0.05, 0) is 19.8 Å². The molecule has 1 aliphatic heterocycles. The maximum absolute atomic E-state index is 14.0. The molecule has 1 aromatic rings. The number of hydrogen-bond acceptors (Lipinski definition) is 6. The summed E-state index contributed by atoms with van der Waals surface area (Å²) < 4.78 is 14.0. The molecule has 0 unspecified atom stereocenters. The molecule has 1 fully saturated rings. The number of nitriles is 1. The van der Waals surface area contributed by atoms with E-state index in [1.807, 2.05) is 0 Å². The lowest BCUT2D eigenvalue weighted by atomic mass is 10.2. The van der Waals surface area contributed by atoms with Crippen molar-refractivity contribution in [2.45, 2.75) is 25.8 Å². The summed E-state index contributed by atoms with van der Waals surface area (Å²) in [4.78, 5) is 9.55. The average molecular weight is 236 g/mol. The van der Waals surface area contributed by atoms with E-state index in [-0.39, 0.29) is 17.7 Å². The third kappa shape index (κ3) is 1.99. The highest BCUT2D eigenvalue weighted by atomic mass is 19.1. The smallest absolute Gasteiger partial charge is 0.209 e. The quantitative estimate of drug-likeness (QED) is 0.580. The molecule has 17 heavy (non-hydrogen) atoms. The Labute approximate surface area is 98.2 Å². The van der Waals surface area contributed by atoms with Crippen molar-refractivity contribution < 1.29 is 4.39 Å². The normalized spacial score (nSPS) is 19.2. The monoisotopic (exact) mass is 236 g/mol. The van der Waals surface area contributed by atoms with Gasteiger partial charge in [-0.2, -0.15) is 9.65 Å². The summed E-state index contributed by atoms with van der Waals surface area (Å²) in [6.45, 7) is 2.27. The Morgan fingerprint density at radius 3 is 3.00 bits per heavy atom. The van der Waals surface area contributed by atoms with E-state index in [9.17, 15) is 4.39 Å². The van der Waals surface area contributed by atoms with E-state index < -0.39 is 5.82 Å². The number of halogens is 1. The van der Waals surface area contributed by atoms with Crippen LogP contribution in [0.5, 0.6) is 0 Å². The molecule has 0 radical (unpaired) electrons. The van der Waals surface area contributed by atoms with Gasteiger partial charge in [0.05, 0.1) is 6.07 Å². The maximum atomic E-state index is 14.0. The van der Waals surface area contributed by atoms with Crippen LogP contribution in [-0.2, 0) is 0 Å².